The highest BCUT2D eigenvalue weighted by Crippen LogP contribution is 2.33. The molecule has 8 heteroatoms. The number of amides is 1. The van der Waals surface area contributed by atoms with Crippen molar-refractivity contribution in [2.45, 2.75) is 25.4 Å². The third-order valence-corrected chi connectivity index (χ3v) is 6.72. The number of carbonyl (C=O) groups is 1. The van der Waals surface area contributed by atoms with Gasteiger partial charge in [-0.15, -0.1) is 0 Å². The third-order valence-electron chi connectivity index (χ3n) is 6.72. The van der Waals surface area contributed by atoms with Crippen LogP contribution in [0.4, 0.5) is 22.9 Å². The van der Waals surface area contributed by atoms with Crippen LogP contribution < -0.4 is 15.1 Å². The summed E-state index contributed by atoms with van der Waals surface area (Å²) in [6, 6.07) is 14.2. The Bertz CT molecular complexity index is 1380. The SMILES string of the molecule is CN1C(=O)Cc2cc(-c3cn4ccnc4c(Nc4ccc(N5CCC[C@@H](O)C5)cc4)n3)ccc21. The number of carbonyl (C=O) groups excluding carboxylic acids is 1. The van der Waals surface area contributed by atoms with Crippen molar-refractivity contribution in [3.63, 3.8) is 0 Å². The monoisotopic (exact) mass is 454 g/mol. The standard InChI is InChI=1S/C26H26N6O2/c1-30-23-9-4-17(13-18(23)14-24(30)34)22-16-32-12-10-27-26(32)25(29-22)28-19-5-7-20(8-6-19)31-11-2-3-21(33)15-31/h4-10,12-13,16,21,33H,2-3,11,14-15H2,1H3,(H,28,29)/t21-/m1/s1. The Morgan fingerprint density at radius 1 is 1.15 bits per heavy atom. The third kappa shape index (κ3) is 3.66. The van der Waals surface area contributed by atoms with Crippen LogP contribution >= 0.6 is 0 Å². The van der Waals surface area contributed by atoms with Crippen LogP contribution in [0.25, 0.3) is 16.9 Å². The summed E-state index contributed by atoms with van der Waals surface area (Å²) < 4.78 is 1.96. The molecule has 8 nitrogen and oxygen atoms in total. The van der Waals surface area contributed by atoms with Gasteiger partial charge in [-0.25, -0.2) is 9.97 Å². The summed E-state index contributed by atoms with van der Waals surface area (Å²) in [7, 11) is 1.81. The molecule has 1 fully saturated rings. The lowest BCUT2D eigenvalue weighted by Crippen LogP contribution is -2.38. The van der Waals surface area contributed by atoms with E-state index in [2.05, 4.69) is 27.3 Å². The summed E-state index contributed by atoms with van der Waals surface area (Å²) in [4.78, 5) is 25.4. The van der Waals surface area contributed by atoms with Gasteiger partial charge >= 0.3 is 0 Å². The molecule has 1 atom stereocenters. The zero-order valence-corrected chi connectivity index (χ0v) is 19.0. The molecule has 0 spiro atoms. The average molecular weight is 455 g/mol. The van der Waals surface area contributed by atoms with Crippen molar-refractivity contribution in [2.24, 2.45) is 0 Å². The summed E-state index contributed by atoms with van der Waals surface area (Å²) in [5.41, 5.74) is 6.49. The van der Waals surface area contributed by atoms with Gasteiger partial charge in [-0.2, -0.15) is 0 Å². The summed E-state index contributed by atoms with van der Waals surface area (Å²) in [6.07, 6.45) is 7.65. The van der Waals surface area contributed by atoms with Gasteiger partial charge in [0.2, 0.25) is 5.91 Å². The molecule has 2 aromatic carbocycles. The van der Waals surface area contributed by atoms with Crippen LogP contribution in [0.2, 0.25) is 0 Å². The molecule has 2 aliphatic rings. The lowest BCUT2D eigenvalue weighted by molar-refractivity contribution is -0.117. The number of nitrogens with zero attached hydrogens (tertiary/aromatic N) is 5. The maximum absolute atomic E-state index is 12.1. The van der Waals surface area contributed by atoms with Crippen LogP contribution in [-0.4, -0.2) is 51.6 Å². The topological polar surface area (TPSA) is 86.0 Å². The first-order valence-corrected chi connectivity index (χ1v) is 11.6. The number of imidazole rings is 1. The Morgan fingerprint density at radius 3 is 2.82 bits per heavy atom. The van der Waals surface area contributed by atoms with Gasteiger partial charge in [0.25, 0.3) is 0 Å². The molecule has 0 radical (unpaired) electrons. The number of rotatable bonds is 4. The van der Waals surface area contributed by atoms with Crippen LogP contribution in [0.5, 0.6) is 0 Å². The average Bonchev–Trinajstić information content (AvgIpc) is 3.43. The van der Waals surface area contributed by atoms with Crippen molar-refractivity contribution in [3.05, 3.63) is 66.6 Å². The Morgan fingerprint density at radius 2 is 2.00 bits per heavy atom. The second kappa shape index (κ2) is 8.14. The van der Waals surface area contributed by atoms with Crippen LogP contribution in [-0.2, 0) is 11.2 Å². The fourth-order valence-corrected chi connectivity index (χ4v) is 4.87. The Hall–Kier alpha value is -3.91. The van der Waals surface area contributed by atoms with E-state index in [0.29, 0.717) is 18.8 Å². The molecule has 0 saturated carbocycles. The number of benzene rings is 2. The first kappa shape index (κ1) is 20.7. The van der Waals surface area contributed by atoms with Crippen LogP contribution in [0.1, 0.15) is 18.4 Å². The van der Waals surface area contributed by atoms with Crippen molar-refractivity contribution in [1.82, 2.24) is 14.4 Å². The molecule has 2 N–H and O–H groups in total. The Balaban J connectivity index is 1.30. The number of aromatic nitrogens is 3. The molecule has 2 aromatic heterocycles. The number of anilines is 4. The predicted octanol–water partition coefficient (Wildman–Crippen LogP) is 3.62. The molecule has 0 unspecified atom stereocenters. The minimum absolute atomic E-state index is 0.107. The van der Waals surface area contributed by atoms with Gasteiger partial charge in [0, 0.05) is 61.4 Å². The van der Waals surface area contributed by atoms with E-state index in [4.69, 9.17) is 4.98 Å². The Labute approximate surface area is 197 Å². The lowest BCUT2D eigenvalue weighted by Gasteiger charge is -2.32. The number of piperidine rings is 1. The van der Waals surface area contributed by atoms with E-state index in [-0.39, 0.29) is 12.0 Å². The molecule has 1 amide bonds. The van der Waals surface area contributed by atoms with E-state index in [1.807, 2.05) is 54.2 Å². The molecule has 1 saturated heterocycles. The second-order valence-corrected chi connectivity index (χ2v) is 9.02. The number of β-amino-alcohol motifs (C(OH)–C–C–N with tert-alkyl or cyclic N) is 1. The normalized spacial score (nSPS) is 17.9. The Kier molecular flexibility index (Phi) is 4.95. The first-order valence-electron chi connectivity index (χ1n) is 11.6. The highest BCUT2D eigenvalue weighted by molar-refractivity contribution is 6.01. The van der Waals surface area contributed by atoms with Gasteiger partial charge in [0.15, 0.2) is 11.5 Å². The van der Waals surface area contributed by atoms with Crippen LogP contribution in [0.3, 0.4) is 0 Å². The summed E-state index contributed by atoms with van der Waals surface area (Å²) in [5, 5.41) is 13.4. The van der Waals surface area contributed by atoms with E-state index in [9.17, 15) is 9.90 Å². The quantitative estimate of drug-likeness (QED) is 0.490. The number of hydrogen-bond acceptors (Lipinski definition) is 6. The van der Waals surface area contributed by atoms with E-state index in [1.54, 1.807) is 11.1 Å². The molecule has 172 valence electrons. The van der Waals surface area contributed by atoms with Crippen LogP contribution in [0, 0.1) is 0 Å². The number of aliphatic hydroxyl groups excluding tert-OH is 1. The van der Waals surface area contributed by atoms with E-state index < -0.39 is 0 Å². The zero-order valence-electron chi connectivity index (χ0n) is 19.0. The van der Waals surface area contributed by atoms with Crippen molar-refractivity contribution in [1.29, 1.82) is 0 Å². The number of likely N-dealkylation sites (N-methyl/N-ethyl adjacent to an activating group) is 1. The maximum Gasteiger partial charge on any atom is 0.231 e. The smallest absolute Gasteiger partial charge is 0.231 e. The summed E-state index contributed by atoms with van der Waals surface area (Å²) >= 11 is 0. The van der Waals surface area contributed by atoms with Crippen molar-refractivity contribution in [3.8, 4) is 11.3 Å². The van der Waals surface area contributed by atoms with Gasteiger partial charge in [0.1, 0.15) is 0 Å². The molecule has 0 bridgehead atoms. The minimum Gasteiger partial charge on any atom is -0.391 e. The van der Waals surface area contributed by atoms with Crippen molar-refractivity contribution in [2.75, 3.05) is 35.3 Å². The van der Waals surface area contributed by atoms with Gasteiger partial charge < -0.3 is 24.6 Å². The summed E-state index contributed by atoms with van der Waals surface area (Å²) in [5.74, 6) is 0.771. The number of hydrogen-bond donors (Lipinski definition) is 2. The number of nitrogens with one attached hydrogen (secondary N) is 1. The van der Waals surface area contributed by atoms with Crippen molar-refractivity contribution >= 4 is 34.4 Å². The maximum atomic E-state index is 12.1. The lowest BCUT2D eigenvalue weighted by atomic mass is 10.1. The first-order chi connectivity index (χ1) is 16.5. The zero-order chi connectivity index (χ0) is 23.2. The van der Waals surface area contributed by atoms with E-state index >= 15 is 0 Å². The molecule has 34 heavy (non-hydrogen) atoms. The highest BCUT2D eigenvalue weighted by Gasteiger charge is 2.24. The molecule has 0 aliphatic carbocycles. The highest BCUT2D eigenvalue weighted by atomic mass is 16.3. The fraction of sp³-hybridized carbons (Fsp3) is 0.269. The fourth-order valence-electron chi connectivity index (χ4n) is 4.87. The molecular formula is C26H26N6O2. The van der Waals surface area contributed by atoms with Crippen molar-refractivity contribution < 1.29 is 9.90 Å². The molecular weight excluding hydrogens is 428 g/mol. The number of fused-ring (bicyclic) bond motifs is 2. The van der Waals surface area contributed by atoms with Gasteiger partial charge in [-0.05, 0) is 54.8 Å². The predicted molar refractivity (Wildman–Crippen MR) is 133 cm³/mol. The second-order valence-electron chi connectivity index (χ2n) is 9.02. The van der Waals surface area contributed by atoms with E-state index in [0.717, 1.165) is 58.9 Å². The van der Waals surface area contributed by atoms with E-state index in [1.165, 1.54) is 0 Å². The van der Waals surface area contributed by atoms with Crippen LogP contribution in [0.15, 0.2) is 61.1 Å². The molecule has 6 rings (SSSR count). The summed E-state index contributed by atoms with van der Waals surface area (Å²) in [6.45, 7) is 1.64. The van der Waals surface area contributed by atoms with Gasteiger partial charge in [-0.1, -0.05) is 6.07 Å². The minimum atomic E-state index is -0.259. The van der Waals surface area contributed by atoms with Gasteiger partial charge in [0.05, 0.1) is 18.2 Å². The molecule has 2 aliphatic heterocycles. The molecule has 4 heterocycles. The van der Waals surface area contributed by atoms with Gasteiger partial charge in [-0.3, -0.25) is 4.79 Å². The largest absolute Gasteiger partial charge is 0.391 e. The number of aliphatic hydroxyl groups is 1. The molecule has 4 aromatic rings.